The summed E-state index contributed by atoms with van der Waals surface area (Å²) >= 11 is 0. The average Bonchev–Trinajstić information content (AvgIpc) is 1.87. The minimum absolute atomic E-state index is 0.112. The molecule has 0 aromatic carbocycles. The van der Waals surface area contributed by atoms with Crippen LogP contribution in [-0.2, 0) is 9.47 Å². The van der Waals surface area contributed by atoms with Gasteiger partial charge in [-0.3, -0.25) is 0 Å². The van der Waals surface area contributed by atoms with E-state index in [2.05, 4.69) is 4.74 Å². The van der Waals surface area contributed by atoms with Crippen molar-refractivity contribution in [1.82, 2.24) is 0 Å². The van der Waals surface area contributed by atoms with Crippen LogP contribution in [-0.4, -0.2) is 30.5 Å². The van der Waals surface area contributed by atoms with Crippen molar-refractivity contribution < 1.29 is 14.6 Å². The van der Waals surface area contributed by atoms with Gasteiger partial charge in [0.15, 0.2) is 0 Å². The van der Waals surface area contributed by atoms with Crippen LogP contribution >= 0.6 is 0 Å². The second-order valence-electron chi connectivity index (χ2n) is 2.33. The van der Waals surface area contributed by atoms with Crippen molar-refractivity contribution >= 4 is 0 Å². The molecule has 0 bridgehead atoms. The molecule has 60 valence electrons. The monoisotopic (exact) mass is 146 g/mol. The van der Waals surface area contributed by atoms with Crippen LogP contribution < -0.4 is 0 Å². The molecule has 0 aliphatic rings. The lowest BCUT2D eigenvalue weighted by Gasteiger charge is -2.10. The van der Waals surface area contributed by atoms with E-state index < -0.39 is 6.10 Å². The number of rotatable bonds is 5. The Balaban J connectivity index is 3.03. The zero-order chi connectivity index (χ0) is 7.98. The summed E-state index contributed by atoms with van der Waals surface area (Å²) in [6.45, 7) is 4.20. The van der Waals surface area contributed by atoms with Crippen molar-refractivity contribution in [3.8, 4) is 0 Å². The van der Waals surface area contributed by atoms with Gasteiger partial charge in [0.25, 0.3) is 0 Å². The van der Waals surface area contributed by atoms with Crippen molar-refractivity contribution in [1.29, 1.82) is 0 Å². The lowest BCUT2D eigenvalue weighted by Crippen LogP contribution is -2.18. The Morgan fingerprint density at radius 2 is 2.00 bits per heavy atom. The fourth-order valence-corrected chi connectivity index (χ4v) is 0.444. The van der Waals surface area contributed by atoms with Crippen LogP contribution in [0.2, 0.25) is 0 Å². The highest BCUT2D eigenvalue weighted by atomic mass is 16.5. The first-order valence-corrected chi connectivity index (χ1v) is 3.28. The van der Waals surface area contributed by atoms with Crippen molar-refractivity contribution in [3.05, 3.63) is 7.11 Å². The fourth-order valence-electron chi connectivity index (χ4n) is 0.444. The molecular weight excluding hydrogens is 132 g/mol. The average molecular weight is 146 g/mol. The predicted octanol–water partition coefficient (Wildman–Crippen LogP) is 0.457. The highest BCUT2D eigenvalue weighted by Gasteiger charge is 2.00. The molecule has 0 rings (SSSR count). The van der Waals surface area contributed by atoms with Gasteiger partial charge in [-0.15, -0.1) is 0 Å². The molecule has 0 fully saturated rings. The largest absolute Gasteiger partial charge is 0.391 e. The van der Waals surface area contributed by atoms with E-state index in [-0.39, 0.29) is 6.10 Å². The smallest absolute Gasteiger partial charge is 0.116 e. The van der Waals surface area contributed by atoms with Crippen LogP contribution in [0.3, 0.4) is 0 Å². The van der Waals surface area contributed by atoms with E-state index in [9.17, 15) is 0 Å². The van der Waals surface area contributed by atoms with Gasteiger partial charge in [0.2, 0.25) is 0 Å². The molecule has 2 atom stereocenters. The lowest BCUT2D eigenvalue weighted by molar-refractivity contribution is -0.00256. The molecule has 10 heavy (non-hydrogen) atoms. The Morgan fingerprint density at radius 1 is 1.40 bits per heavy atom. The van der Waals surface area contributed by atoms with E-state index in [0.717, 1.165) is 0 Å². The van der Waals surface area contributed by atoms with Crippen molar-refractivity contribution in [3.63, 3.8) is 0 Å². The molecule has 1 N–H and O–H groups in total. The molecule has 0 aromatic heterocycles. The molecule has 0 aliphatic carbocycles. The Labute approximate surface area is 62.0 Å². The fraction of sp³-hybridized carbons (Fsp3) is 0.857. The molecule has 3 nitrogen and oxygen atoms in total. The topological polar surface area (TPSA) is 38.7 Å². The van der Waals surface area contributed by atoms with Crippen molar-refractivity contribution in [2.45, 2.75) is 26.1 Å². The Kier molecular flexibility index (Phi) is 5.58. The van der Waals surface area contributed by atoms with Gasteiger partial charge in [-0.05, 0) is 13.8 Å². The molecule has 3 heteroatoms. The first kappa shape index (κ1) is 9.88. The standard InChI is InChI=1S/C7H14O3/c1-6(8)4-10-5-7(2)9-3/h3,6-8H,4-5H2,1-2H3. The maximum Gasteiger partial charge on any atom is 0.116 e. The highest BCUT2D eigenvalue weighted by Crippen LogP contribution is 1.90. The summed E-state index contributed by atoms with van der Waals surface area (Å²) in [6.07, 6.45) is -0.538. The molecule has 0 saturated heterocycles. The summed E-state index contributed by atoms with van der Waals surface area (Å²) in [6, 6.07) is 0. The maximum absolute atomic E-state index is 8.74. The molecule has 0 aromatic rings. The molecule has 2 radical (unpaired) electrons. The third kappa shape index (κ3) is 6.01. The maximum atomic E-state index is 8.74. The van der Waals surface area contributed by atoms with Gasteiger partial charge < -0.3 is 14.6 Å². The van der Waals surface area contributed by atoms with Crippen LogP contribution in [0.5, 0.6) is 0 Å². The summed E-state index contributed by atoms with van der Waals surface area (Å²) in [5.74, 6) is 0. The molecule has 0 saturated carbocycles. The van der Waals surface area contributed by atoms with Gasteiger partial charge >= 0.3 is 0 Å². The minimum Gasteiger partial charge on any atom is -0.391 e. The second-order valence-corrected chi connectivity index (χ2v) is 2.33. The number of aliphatic hydroxyl groups excluding tert-OH is 1. The molecule has 0 spiro atoms. The zero-order valence-corrected chi connectivity index (χ0v) is 6.41. The number of hydrogen-bond donors (Lipinski definition) is 1. The van der Waals surface area contributed by atoms with Gasteiger partial charge in [-0.2, -0.15) is 0 Å². The zero-order valence-electron chi connectivity index (χ0n) is 6.41. The summed E-state index contributed by atoms with van der Waals surface area (Å²) in [5.41, 5.74) is 0. The normalized spacial score (nSPS) is 16.8. The van der Waals surface area contributed by atoms with Crippen molar-refractivity contribution in [2.24, 2.45) is 0 Å². The van der Waals surface area contributed by atoms with E-state index in [4.69, 9.17) is 17.0 Å². The Bertz CT molecular complexity index is 73.3. The molecule has 0 amide bonds. The van der Waals surface area contributed by atoms with Crippen LogP contribution in [0, 0.1) is 7.11 Å². The van der Waals surface area contributed by atoms with Gasteiger partial charge in [0, 0.05) is 0 Å². The molecule has 0 aliphatic heterocycles. The van der Waals surface area contributed by atoms with Crippen LogP contribution in [0.25, 0.3) is 0 Å². The summed E-state index contributed by atoms with van der Waals surface area (Å²) in [4.78, 5) is 0. The second kappa shape index (κ2) is 5.65. The molecule has 0 heterocycles. The Hall–Kier alpha value is -0.120. The van der Waals surface area contributed by atoms with Gasteiger partial charge in [0.1, 0.15) is 7.11 Å². The first-order chi connectivity index (χ1) is 4.66. The Morgan fingerprint density at radius 3 is 2.40 bits per heavy atom. The van der Waals surface area contributed by atoms with E-state index in [0.29, 0.717) is 13.2 Å². The van der Waals surface area contributed by atoms with Gasteiger partial charge in [0.05, 0.1) is 25.4 Å². The van der Waals surface area contributed by atoms with E-state index in [1.807, 2.05) is 0 Å². The van der Waals surface area contributed by atoms with Crippen LogP contribution in [0.15, 0.2) is 0 Å². The number of hydrogen-bond acceptors (Lipinski definition) is 3. The predicted molar refractivity (Wildman–Crippen MR) is 37.3 cm³/mol. The van der Waals surface area contributed by atoms with Gasteiger partial charge in [-0.1, -0.05) is 0 Å². The van der Waals surface area contributed by atoms with Crippen molar-refractivity contribution in [2.75, 3.05) is 13.2 Å². The van der Waals surface area contributed by atoms with Crippen LogP contribution in [0.4, 0.5) is 0 Å². The third-order valence-electron chi connectivity index (χ3n) is 0.944. The van der Waals surface area contributed by atoms with E-state index in [1.54, 1.807) is 13.8 Å². The molecule has 2 unspecified atom stereocenters. The summed E-state index contributed by atoms with van der Waals surface area (Å²) in [5, 5.41) is 8.74. The SMILES string of the molecule is [CH]OC(C)COCC(C)O. The minimum atomic E-state index is -0.426. The van der Waals surface area contributed by atoms with E-state index in [1.165, 1.54) is 0 Å². The molecular formula is C7H14O3. The summed E-state index contributed by atoms with van der Waals surface area (Å²) < 4.78 is 9.42. The highest BCUT2D eigenvalue weighted by molar-refractivity contribution is 4.48. The van der Waals surface area contributed by atoms with Gasteiger partial charge in [-0.25, -0.2) is 0 Å². The summed E-state index contributed by atoms with van der Waals surface area (Å²) in [7, 11) is 4.85. The number of ether oxygens (including phenoxy) is 2. The quantitative estimate of drug-likeness (QED) is 0.612. The first-order valence-electron chi connectivity index (χ1n) is 3.28. The van der Waals surface area contributed by atoms with Crippen LogP contribution in [0.1, 0.15) is 13.8 Å². The number of aliphatic hydroxyl groups is 1. The van der Waals surface area contributed by atoms with E-state index >= 15 is 0 Å². The third-order valence-corrected chi connectivity index (χ3v) is 0.944. The lowest BCUT2D eigenvalue weighted by atomic mass is 10.4.